The number of aliphatic hydroxyl groups is 1. The minimum absolute atomic E-state index is 0.360. The van der Waals surface area contributed by atoms with E-state index in [1.54, 1.807) is 0 Å². The monoisotopic (exact) mass is 257 g/mol. The summed E-state index contributed by atoms with van der Waals surface area (Å²) in [5.41, 5.74) is 0. The van der Waals surface area contributed by atoms with E-state index in [-0.39, 0.29) is 6.10 Å². The summed E-state index contributed by atoms with van der Waals surface area (Å²) >= 11 is 0. The lowest BCUT2D eigenvalue weighted by molar-refractivity contribution is -0.0498. The smallest absolute Gasteiger partial charge is 0.0897 e. The van der Waals surface area contributed by atoms with Gasteiger partial charge in [-0.3, -0.25) is 0 Å². The van der Waals surface area contributed by atoms with E-state index in [1.807, 2.05) is 0 Å². The van der Waals surface area contributed by atoms with Crippen LogP contribution >= 0.6 is 0 Å². The standard InChI is InChI=1S/C15H31NO2/c1-3-5-10-16-11-14(17)12-18-15-9-7-6-8-13(15)4-2/h13-17H,3-12H2,1-2H3. The molecule has 3 unspecified atom stereocenters. The Hall–Kier alpha value is -0.120. The van der Waals surface area contributed by atoms with E-state index < -0.39 is 0 Å². The number of hydrogen-bond acceptors (Lipinski definition) is 3. The third kappa shape index (κ3) is 6.17. The molecule has 3 atom stereocenters. The summed E-state index contributed by atoms with van der Waals surface area (Å²) in [6.07, 6.45) is 8.70. The van der Waals surface area contributed by atoms with Crippen LogP contribution in [0.2, 0.25) is 0 Å². The van der Waals surface area contributed by atoms with Crippen molar-refractivity contribution in [2.45, 2.75) is 71.0 Å². The first kappa shape index (κ1) is 15.9. The Kier molecular flexibility index (Phi) is 8.64. The van der Waals surface area contributed by atoms with Gasteiger partial charge in [0.2, 0.25) is 0 Å². The molecule has 0 saturated heterocycles. The van der Waals surface area contributed by atoms with E-state index in [0.29, 0.717) is 25.2 Å². The van der Waals surface area contributed by atoms with Crippen LogP contribution < -0.4 is 5.32 Å². The molecule has 0 aromatic heterocycles. The summed E-state index contributed by atoms with van der Waals surface area (Å²) in [4.78, 5) is 0. The molecule has 0 spiro atoms. The number of ether oxygens (including phenoxy) is 1. The fourth-order valence-corrected chi connectivity index (χ4v) is 2.72. The van der Waals surface area contributed by atoms with Crippen LogP contribution in [0.5, 0.6) is 0 Å². The fraction of sp³-hybridized carbons (Fsp3) is 1.00. The van der Waals surface area contributed by atoms with Gasteiger partial charge in [0.05, 0.1) is 18.8 Å². The third-order valence-corrected chi connectivity index (χ3v) is 3.95. The molecule has 1 aliphatic rings. The lowest BCUT2D eigenvalue weighted by Gasteiger charge is -2.31. The maximum atomic E-state index is 9.85. The first-order valence-electron chi connectivity index (χ1n) is 7.78. The number of rotatable bonds is 9. The fourth-order valence-electron chi connectivity index (χ4n) is 2.72. The summed E-state index contributed by atoms with van der Waals surface area (Å²) < 4.78 is 5.92. The Labute approximate surface area is 112 Å². The molecule has 3 heteroatoms. The van der Waals surface area contributed by atoms with Gasteiger partial charge in [-0.05, 0) is 31.7 Å². The molecule has 0 aliphatic heterocycles. The first-order chi connectivity index (χ1) is 8.77. The van der Waals surface area contributed by atoms with Crippen LogP contribution in [0, 0.1) is 5.92 Å². The summed E-state index contributed by atoms with van der Waals surface area (Å²) in [6, 6.07) is 0. The second kappa shape index (κ2) is 9.76. The highest BCUT2D eigenvalue weighted by Crippen LogP contribution is 2.29. The van der Waals surface area contributed by atoms with E-state index in [1.165, 1.54) is 44.9 Å². The van der Waals surface area contributed by atoms with E-state index >= 15 is 0 Å². The molecule has 0 aromatic rings. The summed E-state index contributed by atoms with van der Waals surface area (Å²) in [6.45, 7) is 6.56. The highest BCUT2D eigenvalue weighted by Gasteiger charge is 2.24. The van der Waals surface area contributed by atoms with Crippen LogP contribution in [0.3, 0.4) is 0 Å². The Morgan fingerprint density at radius 2 is 2.06 bits per heavy atom. The molecule has 1 rings (SSSR count). The molecule has 0 heterocycles. The largest absolute Gasteiger partial charge is 0.389 e. The topological polar surface area (TPSA) is 41.5 Å². The van der Waals surface area contributed by atoms with Gasteiger partial charge in [-0.1, -0.05) is 39.5 Å². The van der Waals surface area contributed by atoms with Crippen LogP contribution in [0.15, 0.2) is 0 Å². The second-order valence-electron chi connectivity index (χ2n) is 5.54. The SMILES string of the molecule is CCCCNCC(O)COC1CCCCC1CC. The molecule has 0 bridgehead atoms. The lowest BCUT2D eigenvalue weighted by atomic mass is 9.85. The van der Waals surface area contributed by atoms with Gasteiger partial charge in [0.1, 0.15) is 0 Å². The maximum Gasteiger partial charge on any atom is 0.0897 e. The molecule has 0 radical (unpaired) electrons. The quantitative estimate of drug-likeness (QED) is 0.624. The number of nitrogens with one attached hydrogen (secondary N) is 1. The van der Waals surface area contributed by atoms with Crippen molar-refractivity contribution in [3.63, 3.8) is 0 Å². The summed E-state index contributed by atoms with van der Waals surface area (Å²) in [5.74, 6) is 0.707. The molecule has 1 fully saturated rings. The lowest BCUT2D eigenvalue weighted by Crippen LogP contribution is -2.35. The number of hydrogen-bond donors (Lipinski definition) is 2. The zero-order chi connectivity index (χ0) is 13.2. The average molecular weight is 257 g/mol. The van der Waals surface area contributed by atoms with Crippen molar-refractivity contribution >= 4 is 0 Å². The van der Waals surface area contributed by atoms with Gasteiger partial charge in [-0.25, -0.2) is 0 Å². The van der Waals surface area contributed by atoms with E-state index in [4.69, 9.17) is 4.74 Å². The molecular weight excluding hydrogens is 226 g/mol. The summed E-state index contributed by atoms with van der Waals surface area (Å²) in [7, 11) is 0. The first-order valence-corrected chi connectivity index (χ1v) is 7.78. The number of unbranched alkanes of at least 4 members (excludes halogenated alkanes) is 1. The minimum Gasteiger partial charge on any atom is -0.389 e. The third-order valence-electron chi connectivity index (χ3n) is 3.95. The van der Waals surface area contributed by atoms with Gasteiger partial charge in [0.15, 0.2) is 0 Å². The zero-order valence-corrected chi connectivity index (χ0v) is 12.2. The van der Waals surface area contributed by atoms with Gasteiger partial charge in [-0.2, -0.15) is 0 Å². The van der Waals surface area contributed by atoms with Crippen molar-refractivity contribution in [1.82, 2.24) is 5.32 Å². The molecular formula is C15H31NO2. The van der Waals surface area contributed by atoms with Crippen LogP contribution in [0.1, 0.15) is 58.8 Å². The minimum atomic E-state index is -0.360. The van der Waals surface area contributed by atoms with Crippen LogP contribution in [0.4, 0.5) is 0 Å². The highest BCUT2D eigenvalue weighted by molar-refractivity contribution is 4.75. The van der Waals surface area contributed by atoms with Crippen LogP contribution in [-0.2, 0) is 4.74 Å². The van der Waals surface area contributed by atoms with Crippen molar-refractivity contribution in [2.75, 3.05) is 19.7 Å². The molecule has 1 saturated carbocycles. The van der Waals surface area contributed by atoms with Crippen LogP contribution in [0.25, 0.3) is 0 Å². The van der Waals surface area contributed by atoms with Gasteiger partial charge in [0, 0.05) is 6.54 Å². The Morgan fingerprint density at radius 3 is 2.78 bits per heavy atom. The van der Waals surface area contributed by atoms with Crippen molar-refractivity contribution < 1.29 is 9.84 Å². The van der Waals surface area contributed by atoms with Crippen molar-refractivity contribution in [1.29, 1.82) is 0 Å². The highest BCUT2D eigenvalue weighted by atomic mass is 16.5. The Bertz CT molecular complexity index is 199. The number of aliphatic hydroxyl groups excluding tert-OH is 1. The van der Waals surface area contributed by atoms with E-state index in [2.05, 4.69) is 19.2 Å². The Morgan fingerprint density at radius 1 is 1.28 bits per heavy atom. The summed E-state index contributed by atoms with van der Waals surface area (Å²) in [5, 5.41) is 13.1. The zero-order valence-electron chi connectivity index (χ0n) is 12.2. The molecule has 18 heavy (non-hydrogen) atoms. The van der Waals surface area contributed by atoms with E-state index in [9.17, 15) is 5.11 Å². The van der Waals surface area contributed by atoms with Gasteiger partial charge in [0.25, 0.3) is 0 Å². The molecule has 0 aromatic carbocycles. The van der Waals surface area contributed by atoms with Gasteiger partial charge < -0.3 is 15.2 Å². The molecule has 0 amide bonds. The van der Waals surface area contributed by atoms with Gasteiger partial charge >= 0.3 is 0 Å². The normalized spacial score (nSPS) is 26.2. The second-order valence-corrected chi connectivity index (χ2v) is 5.54. The van der Waals surface area contributed by atoms with Crippen molar-refractivity contribution in [3.05, 3.63) is 0 Å². The van der Waals surface area contributed by atoms with Crippen LogP contribution in [-0.4, -0.2) is 37.0 Å². The van der Waals surface area contributed by atoms with E-state index in [0.717, 1.165) is 6.54 Å². The molecule has 108 valence electrons. The molecule has 3 nitrogen and oxygen atoms in total. The van der Waals surface area contributed by atoms with Crippen molar-refractivity contribution in [3.8, 4) is 0 Å². The van der Waals surface area contributed by atoms with Gasteiger partial charge in [-0.15, -0.1) is 0 Å². The predicted molar refractivity (Wildman–Crippen MR) is 75.8 cm³/mol. The predicted octanol–water partition coefficient (Wildman–Crippen LogP) is 2.72. The van der Waals surface area contributed by atoms with Crippen molar-refractivity contribution in [2.24, 2.45) is 5.92 Å². The average Bonchev–Trinajstić information content (AvgIpc) is 2.41. The molecule has 1 aliphatic carbocycles. The maximum absolute atomic E-state index is 9.85. The Balaban J connectivity index is 2.10. The molecule has 2 N–H and O–H groups in total.